The maximum Gasteiger partial charge on any atom is 0.101 e. The Hall–Kier alpha value is -1.60. The van der Waals surface area contributed by atoms with Gasteiger partial charge in [-0.25, -0.2) is 0 Å². The fourth-order valence-electron chi connectivity index (χ4n) is 2.39. The summed E-state index contributed by atoms with van der Waals surface area (Å²) in [4.78, 5) is 6.44. The molecule has 18 heavy (non-hydrogen) atoms. The number of pyridine rings is 1. The van der Waals surface area contributed by atoms with Gasteiger partial charge in [0.2, 0.25) is 0 Å². The lowest BCUT2D eigenvalue weighted by molar-refractivity contribution is 0.215. The molecule has 4 heteroatoms. The van der Waals surface area contributed by atoms with E-state index < -0.39 is 0 Å². The minimum Gasteiger partial charge on any atom is -0.383 e. The number of nitriles is 1. The molecule has 1 N–H and O–H groups in total. The summed E-state index contributed by atoms with van der Waals surface area (Å²) < 4.78 is 0. The molecular weight excluding hydrogens is 224 g/mol. The van der Waals surface area contributed by atoms with Gasteiger partial charge in [-0.3, -0.25) is 4.98 Å². The third kappa shape index (κ3) is 3.44. The van der Waals surface area contributed by atoms with Crippen molar-refractivity contribution in [3.05, 3.63) is 24.0 Å². The summed E-state index contributed by atoms with van der Waals surface area (Å²) in [6.45, 7) is 3.34. The van der Waals surface area contributed by atoms with Crippen molar-refractivity contribution >= 4 is 5.69 Å². The van der Waals surface area contributed by atoms with Crippen molar-refractivity contribution in [2.75, 3.05) is 32.0 Å². The molecule has 1 fully saturated rings. The van der Waals surface area contributed by atoms with E-state index in [1.165, 1.54) is 32.4 Å². The Morgan fingerprint density at radius 1 is 1.50 bits per heavy atom. The van der Waals surface area contributed by atoms with Crippen LogP contribution in [0.5, 0.6) is 0 Å². The molecule has 96 valence electrons. The molecule has 1 saturated heterocycles. The lowest BCUT2D eigenvalue weighted by Crippen LogP contribution is -2.30. The van der Waals surface area contributed by atoms with E-state index in [0.29, 0.717) is 5.56 Å². The molecule has 0 aromatic carbocycles. The number of anilines is 1. The average Bonchev–Trinajstić information content (AvgIpc) is 2.41. The standard InChI is InChI=1S/C14H20N4/c1-18-8-4-12(5-9-18)2-7-17-14-11-16-6-3-13(14)10-15/h3,6,11-12,17H,2,4-5,7-9H2,1H3. The molecular formula is C14H20N4. The number of piperidine rings is 1. The van der Waals surface area contributed by atoms with E-state index in [-0.39, 0.29) is 0 Å². The molecule has 0 atom stereocenters. The van der Waals surface area contributed by atoms with Gasteiger partial charge in [-0.15, -0.1) is 0 Å². The molecule has 0 unspecified atom stereocenters. The van der Waals surface area contributed by atoms with E-state index in [9.17, 15) is 0 Å². The second kappa shape index (κ2) is 6.36. The fraction of sp³-hybridized carbons (Fsp3) is 0.571. The Bertz CT molecular complexity index is 416. The summed E-state index contributed by atoms with van der Waals surface area (Å²) in [5.74, 6) is 0.816. The molecule has 0 bridgehead atoms. The molecule has 4 nitrogen and oxygen atoms in total. The van der Waals surface area contributed by atoms with Crippen LogP contribution in [0.4, 0.5) is 5.69 Å². The van der Waals surface area contributed by atoms with E-state index in [2.05, 4.69) is 28.3 Å². The Balaban J connectivity index is 1.77. The third-order valence-electron chi connectivity index (χ3n) is 3.65. The van der Waals surface area contributed by atoms with Crippen LogP contribution in [0.15, 0.2) is 18.5 Å². The molecule has 0 amide bonds. The number of nitrogens with zero attached hydrogens (tertiary/aromatic N) is 3. The van der Waals surface area contributed by atoms with Crippen LogP contribution in [0.25, 0.3) is 0 Å². The number of hydrogen-bond acceptors (Lipinski definition) is 4. The number of hydrogen-bond donors (Lipinski definition) is 1. The van der Waals surface area contributed by atoms with Crippen molar-refractivity contribution in [2.45, 2.75) is 19.3 Å². The Kier molecular flexibility index (Phi) is 4.54. The Labute approximate surface area is 109 Å². The third-order valence-corrected chi connectivity index (χ3v) is 3.65. The van der Waals surface area contributed by atoms with E-state index in [1.54, 1.807) is 18.5 Å². The zero-order valence-corrected chi connectivity index (χ0v) is 10.9. The highest BCUT2D eigenvalue weighted by Crippen LogP contribution is 2.20. The van der Waals surface area contributed by atoms with Crippen LogP contribution in [-0.4, -0.2) is 36.6 Å². The highest BCUT2D eigenvalue weighted by atomic mass is 15.1. The van der Waals surface area contributed by atoms with Gasteiger partial charge >= 0.3 is 0 Å². The van der Waals surface area contributed by atoms with Crippen molar-refractivity contribution in [3.8, 4) is 6.07 Å². The highest BCUT2D eigenvalue weighted by molar-refractivity contribution is 5.55. The molecule has 0 saturated carbocycles. The monoisotopic (exact) mass is 244 g/mol. The van der Waals surface area contributed by atoms with Gasteiger partial charge in [0.1, 0.15) is 6.07 Å². The molecule has 1 aliphatic rings. The van der Waals surface area contributed by atoms with Gasteiger partial charge in [0.15, 0.2) is 0 Å². The molecule has 2 heterocycles. The second-order valence-electron chi connectivity index (χ2n) is 5.00. The summed E-state index contributed by atoms with van der Waals surface area (Å²) in [5, 5.41) is 12.3. The lowest BCUT2D eigenvalue weighted by atomic mass is 9.94. The second-order valence-corrected chi connectivity index (χ2v) is 5.00. The molecule has 0 aliphatic carbocycles. The van der Waals surface area contributed by atoms with Gasteiger partial charge in [-0.2, -0.15) is 5.26 Å². The topological polar surface area (TPSA) is 52.0 Å². The van der Waals surface area contributed by atoms with E-state index >= 15 is 0 Å². The van der Waals surface area contributed by atoms with E-state index in [1.807, 2.05) is 0 Å². The van der Waals surface area contributed by atoms with Crippen molar-refractivity contribution in [1.82, 2.24) is 9.88 Å². The first-order valence-corrected chi connectivity index (χ1v) is 6.56. The van der Waals surface area contributed by atoms with Gasteiger partial charge in [0.25, 0.3) is 0 Å². The van der Waals surface area contributed by atoms with Crippen LogP contribution in [-0.2, 0) is 0 Å². The summed E-state index contributed by atoms with van der Waals surface area (Å²) in [5.41, 5.74) is 1.53. The zero-order valence-electron chi connectivity index (χ0n) is 10.9. The summed E-state index contributed by atoms with van der Waals surface area (Å²) in [6.07, 6.45) is 7.13. The smallest absolute Gasteiger partial charge is 0.101 e. The molecule has 1 aromatic rings. The van der Waals surface area contributed by atoms with Crippen LogP contribution in [0.3, 0.4) is 0 Å². The number of rotatable bonds is 4. The number of likely N-dealkylation sites (tertiary alicyclic amines) is 1. The SMILES string of the molecule is CN1CCC(CCNc2cnccc2C#N)CC1. The maximum atomic E-state index is 8.97. The molecule has 1 aliphatic heterocycles. The average molecular weight is 244 g/mol. The Morgan fingerprint density at radius 2 is 2.28 bits per heavy atom. The van der Waals surface area contributed by atoms with Crippen molar-refractivity contribution in [1.29, 1.82) is 5.26 Å². The molecule has 0 radical (unpaired) electrons. The lowest BCUT2D eigenvalue weighted by Gasteiger charge is -2.29. The van der Waals surface area contributed by atoms with Crippen molar-refractivity contribution in [3.63, 3.8) is 0 Å². The molecule has 0 spiro atoms. The zero-order chi connectivity index (χ0) is 12.8. The van der Waals surface area contributed by atoms with Crippen LogP contribution < -0.4 is 5.32 Å². The van der Waals surface area contributed by atoms with E-state index in [0.717, 1.165) is 18.2 Å². The largest absolute Gasteiger partial charge is 0.383 e. The minimum absolute atomic E-state index is 0.674. The Morgan fingerprint density at radius 3 is 3.00 bits per heavy atom. The quantitative estimate of drug-likeness (QED) is 0.881. The first-order chi connectivity index (χ1) is 8.79. The minimum atomic E-state index is 0.674. The maximum absolute atomic E-state index is 8.97. The van der Waals surface area contributed by atoms with Crippen molar-refractivity contribution < 1.29 is 0 Å². The van der Waals surface area contributed by atoms with Crippen LogP contribution >= 0.6 is 0 Å². The van der Waals surface area contributed by atoms with Gasteiger partial charge in [-0.1, -0.05) is 0 Å². The van der Waals surface area contributed by atoms with Gasteiger partial charge in [0, 0.05) is 12.7 Å². The molecule has 2 rings (SSSR count). The highest BCUT2D eigenvalue weighted by Gasteiger charge is 2.16. The van der Waals surface area contributed by atoms with Gasteiger partial charge in [-0.05, 0) is 51.4 Å². The van der Waals surface area contributed by atoms with E-state index in [4.69, 9.17) is 5.26 Å². The first-order valence-electron chi connectivity index (χ1n) is 6.56. The number of nitrogens with one attached hydrogen (secondary N) is 1. The summed E-state index contributed by atoms with van der Waals surface area (Å²) in [6, 6.07) is 3.93. The summed E-state index contributed by atoms with van der Waals surface area (Å²) in [7, 11) is 2.18. The van der Waals surface area contributed by atoms with Crippen molar-refractivity contribution in [2.24, 2.45) is 5.92 Å². The molecule has 1 aromatic heterocycles. The van der Waals surface area contributed by atoms with Crippen LogP contribution in [0.1, 0.15) is 24.8 Å². The van der Waals surface area contributed by atoms with Crippen LogP contribution in [0, 0.1) is 17.2 Å². The normalized spacial score (nSPS) is 17.3. The first kappa shape index (κ1) is 12.8. The van der Waals surface area contributed by atoms with Crippen LogP contribution in [0.2, 0.25) is 0 Å². The van der Waals surface area contributed by atoms with Gasteiger partial charge in [0.05, 0.1) is 17.4 Å². The number of aromatic nitrogens is 1. The fourth-order valence-corrected chi connectivity index (χ4v) is 2.39. The predicted octanol–water partition coefficient (Wildman–Crippen LogP) is 2.10. The summed E-state index contributed by atoms with van der Waals surface area (Å²) >= 11 is 0. The predicted molar refractivity (Wildman–Crippen MR) is 72.3 cm³/mol. The van der Waals surface area contributed by atoms with Gasteiger partial charge < -0.3 is 10.2 Å².